The van der Waals surface area contributed by atoms with Crippen LogP contribution in [0.5, 0.6) is 0 Å². The number of benzene rings is 9. The SMILES string of the molecule is CC1(C)c2ccccc2-c2cccc(-c3cccc(N(c4ccc(-c5cccc6ccccc56)cc4)c4ccccc4C4=c5c(-c6ccccc6)cccc5=CCC4)c3)c21. The van der Waals surface area contributed by atoms with E-state index < -0.39 is 0 Å². The molecule has 60 heavy (non-hydrogen) atoms. The van der Waals surface area contributed by atoms with Crippen LogP contribution in [0.4, 0.5) is 17.1 Å². The number of hydrogen-bond donors (Lipinski definition) is 0. The Kier molecular flexibility index (Phi) is 8.71. The van der Waals surface area contributed by atoms with Gasteiger partial charge in [0.05, 0.1) is 5.69 Å². The minimum atomic E-state index is -0.124. The third kappa shape index (κ3) is 5.92. The second-order valence-corrected chi connectivity index (χ2v) is 16.7. The number of fused-ring (bicyclic) bond motifs is 5. The Morgan fingerprint density at radius 1 is 0.433 bits per heavy atom. The molecule has 1 heteroatoms. The third-order valence-electron chi connectivity index (χ3n) is 12.9. The first kappa shape index (κ1) is 35.9. The van der Waals surface area contributed by atoms with Gasteiger partial charge in [-0.05, 0) is 126 Å². The normalized spacial score (nSPS) is 13.6. The summed E-state index contributed by atoms with van der Waals surface area (Å²) in [5.74, 6) is 0. The van der Waals surface area contributed by atoms with Crippen LogP contribution in [0.15, 0.2) is 206 Å². The second-order valence-electron chi connectivity index (χ2n) is 16.7. The molecule has 0 heterocycles. The Morgan fingerprint density at radius 3 is 1.93 bits per heavy atom. The van der Waals surface area contributed by atoms with Crippen LogP contribution in [0.3, 0.4) is 0 Å². The van der Waals surface area contributed by atoms with Gasteiger partial charge in [0.1, 0.15) is 0 Å². The van der Waals surface area contributed by atoms with E-state index in [-0.39, 0.29) is 5.41 Å². The highest BCUT2D eigenvalue weighted by molar-refractivity contribution is 5.97. The van der Waals surface area contributed by atoms with Crippen molar-refractivity contribution < 1.29 is 0 Å². The molecule has 0 N–H and O–H groups in total. The molecule has 286 valence electrons. The van der Waals surface area contributed by atoms with E-state index in [2.05, 4.69) is 231 Å². The fourth-order valence-corrected chi connectivity index (χ4v) is 10.2. The number of nitrogens with zero attached hydrogens (tertiary/aromatic N) is 1. The fourth-order valence-electron chi connectivity index (χ4n) is 10.2. The Labute approximate surface area is 352 Å². The molecule has 0 unspecified atom stereocenters. The molecule has 0 aromatic heterocycles. The predicted octanol–water partition coefficient (Wildman–Crippen LogP) is 14.4. The van der Waals surface area contributed by atoms with Crippen LogP contribution in [0.2, 0.25) is 0 Å². The smallest absolute Gasteiger partial charge is 0.0536 e. The molecule has 0 atom stereocenters. The average molecular weight is 768 g/mol. The highest BCUT2D eigenvalue weighted by Crippen LogP contribution is 2.52. The lowest BCUT2D eigenvalue weighted by molar-refractivity contribution is 0.662. The van der Waals surface area contributed by atoms with Crippen molar-refractivity contribution in [2.24, 2.45) is 0 Å². The van der Waals surface area contributed by atoms with Crippen molar-refractivity contribution in [2.45, 2.75) is 32.1 Å². The average Bonchev–Trinajstić information content (AvgIpc) is 3.55. The first-order chi connectivity index (χ1) is 29.5. The molecular formula is C59H45N. The quantitative estimate of drug-likeness (QED) is 0.156. The molecule has 0 bridgehead atoms. The molecule has 9 aromatic carbocycles. The molecule has 0 saturated carbocycles. The summed E-state index contributed by atoms with van der Waals surface area (Å²) in [5, 5.41) is 5.16. The van der Waals surface area contributed by atoms with Crippen molar-refractivity contribution in [3.8, 4) is 44.5 Å². The van der Waals surface area contributed by atoms with E-state index >= 15 is 0 Å². The van der Waals surface area contributed by atoms with E-state index in [1.165, 1.54) is 93.7 Å². The summed E-state index contributed by atoms with van der Waals surface area (Å²) in [5.41, 5.74) is 18.9. The summed E-state index contributed by atoms with van der Waals surface area (Å²) in [7, 11) is 0. The first-order valence-electron chi connectivity index (χ1n) is 21.2. The van der Waals surface area contributed by atoms with Gasteiger partial charge in [0.15, 0.2) is 0 Å². The number of anilines is 3. The summed E-state index contributed by atoms with van der Waals surface area (Å²) in [6, 6.07) is 76.2. The monoisotopic (exact) mass is 767 g/mol. The highest BCUT2D eigenvalue weighted by atomic mass is 15.1. The van der Waals surface area contributed by atoms with Gasteiger partial charge in [-0.2, -0.15) is 0 Å². The molecule has 0 spiro atoms. The third-order valence-corrected chi connectivity index (χ3v) is 12.9. The van der Waals surface area contributed by atoms with E-state index in [0.29, 0.717) is 0 Å². The summed E-state index contributed by atoms with van der Waals surface area (Å²) < 4.78 is 0. The molecule has 0 fully saturated rings. The van der Waals surface area contributed by atoms with Crippen molar-refractivity contribution in [1.29, 1.82) is 0 Å². The molecule has 1 nitrogen and oxygen atoms in total. The first-order valence-corrected chi connectivity index (χ1v) is 21.2. The number of rotatable bonds is 7. The van der Waals surface area contributed by atoms with Crippen molar-refractivity contribution in [2.75, 3.05) is 4.90 Å². The van der Waals surface area contributed by atoms with E-state index in [0.717, 1.165) is 24.2 Å². The zero-order chi connectivity index (χ0) is 40.2. The van der Waals surface area contributed by atoms with Crippen LogP contribution in [0.1, 0.15) is 43.4 Å². The number of para-hydroxylation sites is 1. The van der Waals surface area contributed by atoms with Gasteiger partial charge in [-0.15, -0.1) is 0 Å². The molecular weight excluding hydrogens is 723 g/mol. The summed E-state index contributed by atoms with van der Waals surface area (Å²) >= 11 is 0. The standard InChI is InChI=1S/C59H45N/c1-59(2)55-33-10-8-26-51(55)54-32-16-30-50(58(54)59)44-23-12-24-46(39-44)60(45-37-35-42(36-38-45)48-28-13-20-40-19-6-7-25-47(40)48)56-34-11-9-27-52(56)53-31-15-22-43-21-14-29-49(57(43)53)41-17-4-3-5-18-41/h3-14,16-30,32-39H,15,31H2,1-2H3. The molecule has 0 radical (unpaired) electrons. The van der Waals surface area contributed by atoms with Gasteiger partial charge >= 0.3 is 0 Å². The Hall–Kier alpha value is -7.22. The minimum Gasteiger partial charge on any atom is -0.310 e. The topological polar surface area (TPSA) is 3.24 Å². The van der Waals surface area contributed by atoms with Crippen LogP contribution in [-0.2, 0) is 5.41 Å². The zero-order valence-electron chi connectivity index (χ0n) is 34.1. The molecule has 0 saturated heterocycles. The van der Waals surface area contributed by atoms with Crippen LogP contribution in [0.25, 0.3) is 66.9 Å². The molecule has 2 aliphatic rings. The van der Waals surface area contributed by atoms with Gasteiger partial charge < -0.3 is 4.90 Å². The van der Waals surface area contributed by atoms with E-state index in [4.69, 9.17) is 0 Å². The minimum absolute atomic E-state index is 0.124. The van der Waals surface area contributed by atoms with Gasteiger partial charge in [-0.1, -0.05) is 196 Å². The van der Waals surface area contributed by atoms with Gasteiger partial charge in [-0.3, -0.25) is 0 Å². The molecule has 0 amide bonds. The summed E-state index contributed by atoms with van der Waals surface area (Å²) in [6.07, 6.45) is 4.38. The maximum atomic E-state index is 2.49. The lowest BCUT2D eigenvalue weighted by Crippen LogP contribution is -2.32. The van der Waals surface area contributed by atoms with Gasteiger partial charge in [0.25, 0.3) is 0 Å². The van der Waals surface area contributed by atoms with E-state index in [1.54, 1.807) is 0 Å². The van der Waals surface area contributed by atoms with Crippen LogP contribution < -0.4 is 15.3 Å². The lowest BCUT2D eigenvalue weighted by atomic mass is 9.79. The Bertz CT molecular complexity index is 3220. The second kappa shape index (κ2) is 14.6. The van der Waals surface area contributed by atoms with Crippen molar-refractivity contribution in [3.05, 3.63) is 233 Å². The number of hydrogen-bond acceptors (Lipinski definition) is 1. The predicted molar refractivity (Wildman–Crippen MR) is 254 cm³/mol. The van der Waals surface area contributed by atoms with Crippen molar-refractivity contribution >= 4 is 39.5 Å². The highest BCUT2D eigenvalue weighted by Gasteiger charge is 2.37. The molecule has 0 aliphatic heterocycles. The summed E-state index contributed by atoms with van der Waals surface area (Å²) in [4.78, 5) is 2.49. The van der Waals surface area contributed by atoms with Crippen molar-refractivity contribution in [3.63, 3.8) is 0 Å². The van der Waals surface area contributed by atoms with E-state index in [1.807, 2.05) is 0 Å². The van der Waals surface area contributed by atoms with Crippen LogP contribution in [0, 0.1) is 0 Å². The van der Waals surface area contributed by atoms with Crippen LogP contribution in [-0.4, -0.2) is 0 Å². The van der Waals surface area contributed by atoms with Gasteiger partial charge in [-0.25, -0.2) is 0 Å². The van der Waals surface area contributed by atoms with Crippen molar-refractivity contribution in [1.82, 2.24) is 0 Å². The summed E-state index contributed by atoms with van der Waals surface area (Å²) in [6.45, 7) is 4.76. The Morgan fingerprint density at radius 2 is 1.05 bits per heavy atom. The molecule has 2 aliphatic carbocycles. The van der Waals surface area contributed by atoms with Gasteiger partial charge in [0.2, 0.25) is 0 Å². The molecule has 9 aromatic rings. The Balaban J connectivity index is 1.12. The maximum Gasteiger partial charge on any atom is 0.0536 e. The van der Waals surface area contributed by atoms with E-state index in [9.17, 15) is 0 Å². The maximum absolute atomic E-state index is 2.49. The lowest BCUT2D eigenvalue weighted by Gasteiger charge is -2.30. The van der Waals surface area contributed by atoms with Gasteiger partial charge in [0, 0.05) is 22.4 Å². The zero-order valence-corrected chi connectivity index (χ0v) is 34.1. The fraction of sp³-hybridized carbons (Fsp3) is 0.0847. The largest absolute Gasteiger partial charge is 0.310 e. The van der Waals surface area contributed by atoms with Crippen LogP contribution >= 0.6 is 0 Å². The molecule has 11 rings (SSSR count).